The SMILES string of the molecule is COc1ccc(N=Nc2c(C)nn(-c3ccc([N+](=O)[O-])cc3)c2C)cc1. The highest BCUT2D eigenvalue weighted by molar-refractivity contribution is 5.51. The minimum Gasteiger partial charge on any atom is -0.497 e. The summed E-state index contributed by atoms with van der Waals surface area (Å²) >= 11 is 0. The van der Waals surface area contributed by atoms with E-state index in [0.717, 1.165) is 22.8 Å². The van der Waals surface area contributed by atoms with Crippen molar-refractivity contribution in [2.24, 2.45) is 10.2 Å². The van der Waals surface area contributed by atoms with E-state index in [9.17, 15) is 10.1 Å². The Morgan fingerprint density at radius 2 is 1.69 bits per heavy atom. The van der Waals surface area contributed by atoms with Crippen molar-refractivity contribution in [3.8, 4) is 11.4 Å². The average molecular weight is 351 g/mol. The summed E-state index contributed by atoms with van der Waals surface area (Å²) in [5, 5.41) is 23.8. The van der Waals surface area contributed by atoms with Crippen molar-refractivity contribution >= 4 is 17.1 Å². The molecule has 0 fully saturated rings. The lowest BCUT2D eigenvalue weighted by atomic mass is 10.2. The summed E-state index contributed by atoms with van der Waals surface area (Å²) in [7, 11) is 1.61. The Morgan fingerprint density at radius 3 is 2.27 bits per heavy atom. The van der Waals surface area contributed by atoms with Crippen LogP contribution in [0.25, 0.3) is 5.69 Å². The first-order valence-electron chi connectivity index (χ1n) is 7.86. The van der Waals surface area contributed by atoms with E-state index >= 15 is 0 Å². The van der Waals surface area contributed by atoms with Crippen molar-refractivity contribution in [1.29, 1.82) is 0 Å². The Labute approximate surface area is 149 Å². The van der Waals surface area contributed by atoms with Crippen molar-refractivity contribution < 1.29 is 9.66 Å². The maximum absolute atomic E-state index is 10.8. The second-order valence-electron chi connectivity index (χ2n) is 5.60. The van der Waals surface area contributed by atoms with Gasteiger partial charge in [-0.2, -0.15) is 10.2 Å². The zero-order valence-electron chi connectivity index (χ0n) is 14.6. The van der Waals surface area contributed by atoms with Gasteiger partial charge in [-0.1, -0.05) is 0 Å². The minimum absolute atomic E-state index is 0.0368. The normalized spacial score (nSPS) is 11.0. The molecule has 0 amide bonds. The van der Waals surface area contributed by atoms with Crippen LogP contribution in [0.1, 0.15) is 11.4 Å². The molecular formula is C18H17N5O3. The van der Waals surface area contributed by atoms with Gasteiger partial charge in [-0.25, -0.2) is 4.68 Å². The van der Waals surface area contributed by atoms with Gasteiger partial charge in [-0.3, -0.25) is 10.1 Å². The van der Waals surface area contributed by atoms with Gasteiger partial charge < -0.3 is 4.74 Å². The molecule has 1 heterocycles. The molecule has 0 radical (unpaired) electrons. The predicted molar refractivity (Wildman–Crippen MR) is 96.9 cm³/mol. The molecule has 0 aliphatic carbocycles. The standard InChI is InChI=1S/C18H17N5O3/c1-12-18(20-19-14-4-10-17(26-3)11-5-14)13(2)22(21-12)15-6-8-16(9-7-15)23(24)25/h4-11H,1-3H3. The molecule has 8 heteroatoms. The van der Waals surface area contributed by atoms with Crippen LogP contribution in [0.3, 0.4) is 0 Å². The van der Waals surface area contributed by atoms with E-state index in [0.29, 0.717) is 11.4 Å². The molecule has 0 unspecified atom stereocenters. The number of rotatable bonds is 5. The third-order valence-electron chi connectivity index (χ3n) is 3.90. The fourth-order valence-corrected chi connectivity index (χ4v) is 2.50. The van der Waals surface area contributed by atoms with Crippen LogP contribution >= 0.6 is 0 Å². The molecule has 0 saturated carbocycles. The maximum Gasteiger partial charge on any atom is 0.269 e. The molecule has 3 rings (SSSR count). The number of non-ortho nitro benzene ring substituents is 1. The monoisotopic (exact) mass is 351 g/mol. The highest BCUT2D eigenvalue weighted by Crippen LogP contribution is 2.28. The predicted octanol–water partition coefficient (Wildman–Crippen LogP) is 4.82. The van der Waals surface area contributed by atoms with Gasteiger partial charge in [0.25, 0.3) is 5.69 Å². The number of methoxy groups -OCH3 is 1. The van der Waals surface area contributed by atoms with Crippen LogP contribution in [0.2, 0.25) is 0 Å². The quantitative estimate of drug-likeness (QED) is 0.374. The van der Waals surface area contributed by atoms with Gasteiger partial charge in [0, 0.05) is 12.1 Å². The van der Waals surface area contributed by atoms with Crippen LogP contribution in [0.4, 0.5) is 17.1 Å². The highest BCUT2D eigenvalue weighted by atomic mass is 16.6. The number of nitro groups is 1. The molecule has 26 heavy (non-hydrogen) atoms. The Bertz CT molecular complexity index is 960. The number of ether oxygens (including phenoxy) is 1. The first-order chi connectivity index (χ1) is 12.5. The molecule has 2 aromatic carbocycles. The summed E-state index contributed by atoms with van der Waals surface area (Å²) in [5.74, 6) is 0.752. The van der Waals surface area contributed by atoms with Gasteiger partial charge in [0.2, 0.25) is 0 Å². The van der Waals surface area contributed by atoms with E-state index in [-0.39, 0.29) is 5.69 Å². The van der Waals surface area contributed by atoms with Crippen molar-refractivity contribution in [3.05, 3.63) is 70.0 Å². The Hall–Kier alpha value is -3.55. The number of aromatic nitrogens is 2. The van der Waals surface area contributed by atoms with Crippen LogP contribution in [0.5, 0.6) is 5.75 Å². The summed E-state index contributed by atoms with van der Waals surface area (Å²) < 4.78 is 6.81. The fraction of sp³-hybridized carbons (Fsp3) is 0.167. The smallest absolute Gasteiger partial charge is 0.269 e. The van der Waals surface area contributed by atoms with Crippen LogP contribution < -0.4 is 4.74 Å². The lowest BCUT2D eigenvalue weighted by molar-refractivity contribution is -0.384. The molecule has 0 bridgehead atoms. The summed E-state index contributed by atoms with van der Waals surface area (Å²) in [4.78, 5) is 10.4. The summed E-state index contributed by atoms with van der Waals surface area (Å²) in [6, 6.07) is 13.5. The van der Waals surface area contributed by atoms with Gasteiger partial charge in [0.15, 0.2) is 0 Å². The van der Waals surface area contributed by atoms with Crippen molar-refractivity contribution in [2.45, 2.75) is 13.8 Å². The van der Waals surface area contributed by atoms with Gasteiger partial charge in [0.05, 0.1) is 34.8 Å². The molecule has 8 nitrogen and oxygen atoms in total. The van der Waals surface area contributed by atoms with Gasteiger partial charge >= 0.3 is 0 Å². The van der Waals surface area contributed by atoms with Crippen molar-refractivity contribution in [2.75, 3.05) is 7.11 Å². The second-order valence-corrected chi connectivity index (χ2v) is 5.60. The van der Waals surface area contributed by atoms with E-state index in [2.05, 4.69) is 15.3 Å². The number of benzene rings is 2. The molecule has 0 aliphatic rings. The molecule has 0 spiro atoms. The number of nitro benzene ring substituents is 1. The molecule has 0 atom stereocenters. The number of nitrogens with zero attached hydrogens (tertiary/aromatic N) is 5. The lowest BCUT2D eigenvalue weighted by Gasteiger charge is -2.03. The van der Waals surface area contributed by atoms with E-state index < -0.39 is 4.92 Å². The van der Waals surface area contributed by atoms with E-state index in [1.807, 2.05) is 38.1 Å². The van der Waals surface area contributed by atoms with Crippen molar-refractivity contribution in [1.82, 2.24) is 9.78 Å². The van der Waals surface area contributed by atoms with Gasteiger partial charge in [-0.15, -0.1) is 5.11 Å². The minimum atomic E-state index is -0.431. The number of hydrogen-bond donors (Lipinski definition) is 0. The average Bonchev–Trinajstić information content (AvgIpc) is 2.94. The first-order valence-corrected chi connectivity index (χ1v) is 7.86. The fourth-order valence-electron chi connectivity index (χ4n) is 2.50. The van der Waals surface area contributed by atoms with Gasteiger partial charge in [-0.05, 0) is 50.2 Å². The van der Waals surface area contributed by atoms with Crippen molar-refractivity contribution in [3.63, 3.8) is 0 Å². The zero-order chi connectivity index (χ0) is 18.7. The molecule has 1 aromatic heterocycles. The van der Waals surface area contributed by atoms with E-state index in [1.54, 1.807) is 23.9 Å². The molecule has 0 saturated heterocycles. The van der Waals surface area contributed by atoms with E-state index in [4.69, 9.17) is 4.74 Å². The van der Waals surface area contributed by atoms with Crippen LogP contribution in [-0.4, -0.2) is 21.8 Å². The van der Waals surface area contributed by atoms with Crippen LogP contribution in [0, 0.1) is 24.0 Å². The molecule has 3 aromatic rings. The summed E-state index contributed by atoms with van der Waals surface area (Å²) in [5.41, 5.74) is 3.65. The third-order valence-corrected chi connectivity index (χ3v) is 3.90. The molecule has 0 aliphatic heterocycles. The van der Waals surface area contributed by atoms with Crippen LogP contribution in [0.15, 0.2) is 58.8 Å². The van der Waals surface area contributed by atoms with Crippen LogP contribution in [-0.2, 0) is 0 Å². The lowest BCUT2D eigenvalue weighted by Crippen LogP contribution is -1.99. The number of hydrogen-bond acceptors (Lipinski definition) is 6. The Balaban J connectivity index is 1.89. The maximum atomic E-state index is 10.8. The number of azo groups is 1. The van der Waals surface area contributed by atoms with E-state index in [1.165, 1.54) is 12.1 Å². The Kier molecular flexibility index (Phi) is 4.74. The van der Waals surface area contributed by atoms with Gasteiger partial charge in [0.1, 0.15) is 11.4 Å². The summed E-state index contributed by atoms with van der Waals surface area (Å²) in [6.07, 6.45) is 0. The third kappa shape index (κ3) is 3.44. The largest absolute Gasteiger partial charge is 0.497 e. The first kappa shape index (κ1) is 17.3. The second kappa shape index (κ2) is 7.14. The zero-order valence-corrected chi connectivity index (χ0v) is 14.6. The molecular weight excluding hydrogens is 334 g/mol. The number of aryl methyl sites for hydroxylation is 1. The topological polar surface area (TPSA) is 94.9 Å². The molecule has 132 valence electrons. The summed E-state index contributed by atoms with van der Waals surface area (Å²) in [6.45, 7) is 3.72. The molecule has 0 N–H and O–H groups in total. The Morgan fingerprint density at radius 1 is 1.04 bits per heavy atom. The highest BCUT2D eigenvalue weighted by Gasteiger charge is 2.13.